The molecule has 1 atom stereocenters. The first-order valence-electron chi connectivity index (χ1n) is 7.18. The molecule has 0 aliphatic heterocycles. The van der Waals surface area contributed by atoms with Crippen LogP contribution in [0.4, 0.5) is 0 Å². The number of rotatable bonds is 6. The van der Waals surface area contributed by atoms with E-state index in [1.54, 1.807) is 0 Å². The maximum atomic E-state index is 6.47. The normalized spacial score (nSPS) is 12.6. The van der Waals surface area contributed by atoms with Gasteiger partial charge >= 0.3 is 0 Å². The van der Waals surface area contributed by atoms with Gasteiger partial charge in [0.05, 0.1) is 0 Å². The number of nitrogens with two attached hydrogens (primary N) is 1. The van der Waals surface area contributed by atoms with Gasteiger partial charge in [-0.3, -0.25) is 0 Å². The zero-order valence-corrected chi connectivity index (χ0v) is 11.6. The summed E-state index contributed by atoms with van der Waals surface area (Å²) in [5.74, 6) is 0.300. The van der Waals surface area contributed by atoms with Crippen LogP contribution >= 0.6 is 0 Å². The lowest BCUT2D eigenvalue weighted by Gasteiger charge is -2.25. The molecule has 2 aromatic carbocycles. The van der Waals surface area contributed by atoms with Gasteiger partial charge in [0.2, 0.25) is 0 Å². The van der Waals surface area contributed by atoms with Crippen molar-refractivity contribution in [3.63, 3.8) is 0 Å². The van der Waals surface area contributed by atoms with E-state index < -0.39 is 0 Å². The molecule has 0 amide bonds. The van der Waals surface area contributed by atoms with Crippen LogP contribution in [0.2, 0.25) is 0 Å². The summed E-state index contributed by atoms with van der Waals surface area (Å²) < 4.78 is 0. The molecule has 1 heteroatoms. The topological polar surface area (TPSA) is 26.0 Å². The average molecular weight is 253 g/mol. The van der Waals surface area contributed by atoms with E-state index in [1.807, 2.05) is 0 Å². The van der Waals surface area contributed by atoms with Gasteiger partial charge in [-0.15, -0.1) is 0 Å². The Labute approximate surface area is 116 Å². The molecule has 19 heavy (non-hydrogen) atoms. The van der Waals surface area contributed by atoms with Crippen LogP contribution in [0.1, 0.15) is 43.2 Å². The molecule has 0 spiro atoms. The molecule has 0 saturated heterocycles. The van der Waals surface area contributed by atoms with E-state index in [-0.39, 0.29) is 6.04 Å². The minimum absolute atomic E-state index is 0.185. The summed E-state index contributed by atoms with van der Waals surface area (Å²) in [6.45, 7) is 2.22. The zero-order chi connectivity index (χ0) is 13.5. The highest BCUT2D eigenvalue weighted by atomic mass is 14.6. The van der Waals surface area contributed by atoms with Crippen LogP contribution in [0, 0.1) is 0 Å². The predicted molar refractivity (Wildman–Crippen MR) is 82.2 cm³/mol. The van der Waals surface area contributed by atoms with Crippen LogP contribution in [0.5, 0.6) is 0 Å². The van der Waals surface area contributed by atoms with Crippen LogP contribution in [0.25, 0.3) is 0 Å². The first-order chi connectivity index (χ1) is 9.33. The monoisotopic (exact) mass is 253 g/mol. The fourth-order valence-electron chi connectivity index (χ4n) is 2.61. The molecule has 2 N–H and O–H groups in total. The van der Waals surface area contributed by atoms with Crippen LogP contribution in [0.15, 0.2) is 60.7 Å². The highest BCUT2D eigenvalue weighted by Gasteiger charge is 2.20. The summed E-state index contributed by atoms with van der Waals surface area (Å²) in [5.41, 5.74) is 9.10. The molecule has 0 fully saturated rings. The van der Waals surface area contributed by atoms with Gasteiger partial charge in [0, 0.05) is 12.0 Å². The molecule has 2 aromatic rings. The van der Waals surface area contributed by atoms with Crippen molar-refractivity contribution in [2.75, 3.05) is 0 Å². The number of benzene rings is 2. The molecular formula is C18H23N. The van der Waals surface area contributed by atoms with Crippen molar-refractivity contribution in [2.24, 2.45) is 5.73 Å². The fourth-order valence-corrected chi connectivity index (χ4v) is 2.61. The second-order valence-electron chi connectivity index (χ2n) is 5.11. The molecule has 0 aliphatic carbocycles. The largest absolute Gasteiger partial charge is 0.327 e. The maximum Gasteiger partial charge on any atom is 0.0241 e. The van der Waals surface area contributed by atoms with E-state index in [0.717, 1.165) is 6.42 Å². The Morgan fingerprint density at radius 2 is 1.32 bits per heavy atom. The lowest BCUT2D eigenvalue weighted by Crippen LogP contribution is -2.29. The standard InChI is InChI=1S/C18H23N/c1-2-3-14-17(19)18(15-10-6-4-7-11-15)16-12-8-5-9-13-16/h4-13,17-18H,2-3,14,19H2,1H3. The fraction of sp³-hybridized carbons (Fsp3) is 0.333. The summed E-state index contributed by atoms with van der Waals surface area (Å²) in [4.78, 5) is 0. The van der Waals surface area contributed by atoms with E-state index >= 15 is 0 Å². The molecule has 0 aromatic heterocycles. The highest BCUT2D eigenvalue weighted by molar-refractivity contribution is 5.34. The van der Waals surface area contributed by atoms with Crippen molar-refractivity contribution >= 4 is 0 Å². The van der Waals surface area contributed by atoms with Gasteiger partial charge in [0.1, 0.15) is 0 Å². The van der Waals surface area contributed by atoms with Gasteiger partial charge in [-0.05, 0) is 17.5 Å². The molecule has 0 bridgehead atoms. The van der Waals surface area contributed by atoms with Crippen molar-refractivity contribution in [1.82, 2.24) is 0 Å². The molecule has 100 valence electrons. The number of unbranched alkanes of at least 4 members (excludes halogenated alkanes) is 1. The lowest BCUT2D eigenvalue weighted by molar-refractivity contribution is 0.526. The van der Waals surface area contributed by atoms with E-state index in [0.29, 0.717) is 5.92 Å². The molecule has 1 nitrogen and oxygen atoms in total. The first-order valence-corrected chi connectivity index (χ1v) is 7.18. The summed E-state index contributed by atoms with van der Waals surface area (Å²) in [6, 6.07) is 21.4. The van der Waals surface area contributed by atoms with Crippen molar-refractivity contribution in [3.8, 4) is 0 Å². The van der Waals surface area contributed by atoms with E-state index in [1.165, 1.54) is 24.0 Å². The van der Waals surface area contributed by atoms with Gasteiger partial charge in [-0.1, -0.05) is 80.4 Å². The molecule has 0 heterocycles. The van der Waals surface area contributed by atoms with Crippen LogP contribution in [-0.4, -0.2) is 6.04 Å². The third-order valence-electron chi connectivity index (χ3n) is 3.64. The Morgan fingerprint density at radius 1 is 0.842 bits per heavy atom. The molecule has 0 radical (unpaired) electrons. The highest BCUT2D eigenvalue weighted by Crippen LogP contribution is 2.29. The minimum atomic E-state index is 0.185. The van der Waals surface area contributed by atoms with Gasteiger partial charge in [-0.2, -0.15) is 0 Å². The summed E-state index contributed by atoms with van der Waals surface area (Å²) >= 11 is 0. The average Bonchev–Trinajstić information content (AvgIpc) is 2.47. The van der Waals surface area contributed by atoms with Crippen LogP contribution in [-0.2, 0) is 0 Å². The van der Waals surface area contributed by atoms with Gasteiger partial charge < -0.3 is 5.73 Å². The van der Waals surface area contributed by atoms with Gasteiger partial charge in [0.15, 0.2) is 0 Å². The second kappa shape index (κ2) is 7.10. The van der Waals surface area contributed by atoms with Gasteiger partial charge in [-0.25, -0.2) is 0 Å². The molecule has 0 saturated carbocycles. The number of hydrogen-bond acceptors (Lipinski definition) is 1. The van der Waals surface area contributed by atoms with Crippen molar-refractivity contribution < 1.29 is 0 Å². The third kappa shape index (κ3) is 3.68. The van der Waals surface area contributed by atoms with Crippen molar-refractivity contribution in [1.29, 1.82) is 0 Å². The van der Waals surface area contributed by atoms with Crippen molar-refractivity contribution in [2.45, 2.75) is 38.1 Å². The summed E-state index contributed by atoms with van der Waals surface area (Å²) in [6.07, 6.45) is 3.46. The minimum Gasteiger partial charge on any atom is -0.327 e. The summed E-state index contributed by atoms with van der Waals surface area (Å²) in [5, 5.41) is 0. The van der Waals surface area contributed by atoms with E-state index in [2.05, 4.69) is 67.6 Å². The summed E-state index contributed by atoms with van der Waals surface area (Å²) in [7, 11) is 0. The first kappa shape index (κ1) is 13.8. The van der Waals surface area contributed by atoms with Crippen LogP contribution < -0.4 is 5.73 Å². The molecule has 2 rings (SSSR count). The zero-order valence-electron chi connectivity index (χ0n) is 11.6. The Bertz CT molecular complexity index is 424. The smallest absolute Gasteiger partial charge is 0.0241 e. The molecule has 0 aliphatic rings. The Hall–Kier alpha value is -1.60. The predicted octanol–water partition coefficient (Wildman–Crippen LogP) is 4.34. The maximum absolute atomic E-state index is 6.47. The lowest BCUT2D eigenvalue weighted by atomic mass is 9.83. The van der Waals surface area contributed by atoms with E-state index in [4.69, 9.17) is 5.73 Å². The molecular weight excluding hydrogens is 230 g/mol. The van der Waals surface area contributed by atoms with E-state index in [9.17, 15) is 0 Å². The quantitative estimate of drug-likeness (QED) is 0.814. The Morgan fingerprint density at radius 3 is 1.74 bits per heavy atom. The van der Waals surface area contributed by atoms with Crippen molar-refractivity contribution in [3.05, 3.63) is 71.8 Å². The molecule has 1 unspecified atom stereocenters. The van der Waals surface area contributed by atoms with Crippen LogP contribution in [0.3, 0.4) is 0 Å². The Kier molecular flexibility index (Phi) is 5.17. The SMILES string of the molecule is CCCCC(N)C(c1ccccc1)c1ccccc1. The number of hydrogen-bond donors (Lipinski definition) is 1. The second-order valence-corrected chi connectivity index (χ2v) is 5.11. The Balaban J connectivity index is 2.29. The van der Waals surface area contributed by atoms with Gasteiger partial charge in [0.25, 0.3) is 0 Å². The third-order valence-corrected chi connectivity index (χ3v) is 3.64.